The summed E-state index contributed by atoms with van der Waals surface area (Å²) in [5.41, 5.74) is 15.6. The molecule has 1 unspecified atom stereocenters. The molecule has 7 rings (SSSR count). The average molecular weight is 567 g/mol. The maximum absolute atomic E-state index is 10.4. The quantitative estimate of drug-likeness (QED) is 0.285. The number of hydrogen-bond donors (Lipinski definition) is 3. The number of aromatic nitrogens is 5. The molecule has 1 spiro atoms. The number of nitrogens with zero attached hydrogens (tertiary/aromatic N) is 6. The van der Waals surface area contributed by atoms with Crippen LogP contribution >= 0.6 is 34.7 Å². The summed E-state index contributed by atoms with van der Waals surface area (Å²) in [6.45, 7) is 5.30. The van der Waals surface area contributed by atoms with Gasteiger partial charge in [-0.1, -0.05) is 23.4 Å². The first-order valence-corrected chi connectivity index (χ1v) is 14.6. The van der Waals surface area contributed by atoms with E-state index < -0.39 is 5.60 Å². The Kier molecular flexibility index (Phi) is 5.38. The van der Waals surface area contributed by atoms with Gasteiger partial charge < -0.3 is 21.5 Å². The van der Waals surface area contributed by atoms with Gasteiger partial charge in [-0.05, 0) is 56.7 Å². The molecule has 5 aromatic rings. The van der Waals surface area contributed by atoms with Gasteiger partial charge in [-0.3, -0.25) is 4.40 Å². The van der Waals surface area contributed by atoms with Crippen LogP contribution in [0.25, 0.3) is 16.8 Å². The highest BCUT2D eigenvalue weighted by Crippen LogP contribution is 2.53. The molecule has 0 saturated carbocycles. The van der Waals surface area contributed by atoms with Crippen LogP contribution in [0.2, 0.25) is 5.02 Å². The number of anilines is 2. The van der Waals surface area contributed by atoms with Gasteiger partial charge in [0.25, 0.3) is 0 Å². The number of fused-ring (bicyclic) bond motifs is 1. The third-order valence-electron chi connectivity index (χ3n) is 7.92. The van der Waals surface area contributed by atoms with Crippen molar-refractivity contribution in [1.82, 2.24) is 24.3 Å². The number of nitrogens with two attached hydrogens (primary N) is 2. The predicted molar refractivity (Wildman–Crippen MR) is 151 cm³/mol. The molecule has 2 aliphatic rings. The number of thiazole rings is 1. The van der Waals surface area contributed by atoms with Crippen molar-refractivity contribution < 1.29 is 5.11 Å². The molecule has 5 aromatic heterocycles. The van der Waals surface area contributed by atoms with Crippen LogP contribution in [0.3, 0.4) is 0 Å². The highest BCUT2D eigenvalue weighted by molar-refractivity contribution is 7.99. The first kappa shape index (κ1) is 24.3. The predicted octanol–water partition coefficient (Wildman–Crippen LogP) is 4.63. The zero-order valence-corrected chi connectivity index (χ0v) is 23.4. The fourth-order valence-corrected chi connectivity index (χ4v) is 8.17. The van der Waals surface area contributed by atoms with Gasteiger partial charge in [0.05, 0.1) is 21.8 Å². The van der Waals surface area contributed by atoms with Crippen LogP contribution in [0, 0.1) is 5.41 Å². The summed E-state index contributed by atoms with van der Waals surface area (Å²) in [5, 5.41) is 11.6. The largest absolute Gasteiger partial charge is 0.383 e. The van der Waals surface area contributed by atoms with Crippen molar-refractivity contribution in [3.8, 4) is 0 Å². The fourth-order valence-electron chi connectivity index (χ4n) is 5.79. The van der Waals surface area contributed by atoms with E-state index in [-0.39, 0.29) is 11.5 Å². The maximum atomic E-state index is 10.4. The van der Waals surface area contributed by atoms with Crippen molar-refractivity contribution in [3.63, 3.8) is 0 Å². The van der Waals surface area contributed by atoms with Gasteiger partial charge in [-0.15, -0.1) is 11.3 Å². The van der Waals surface area contributed by atoms with Gasteiger partial charge in [0.15, 0.2) is 11.5 Å². The Morgan fingerprint density at radius 3 is 2.68 bits per heavy atom. The molecule has 5 N–H and O–H groups in total. The third-order valence-corrected chi connectivity index (χ3v) is 11.0. The van der Waals surface area contributed by atoms with Crippen LogP contribution in [0.5, 0.6) is 0 Å². The number of pyridine rings is 2. The Hall–Kier alpha value is -2.70. The molecule has 1 saturated heterocycles. The number of rotatable bonds is 4. The van der Waals surface area contributed by atoms with Gasteiger partial charge in [0.2, 0.25) is 0 Å². The van der Waals surface area contributed by atoms with E-state index in [0.29, 0.717) is 10.8 Å². The molecule has 9 nitrogen and oxygen atoms in total. The zero-order chi connectivity index (χ0) is 26.4. The first-order chi connectivity index (χ1) is 18.1. The summed E-state index contributed by atoms with van der Waals surface area (Å²) in [6.07, 6.45) is 6.37. The topological polar surface area (TPSA) is 131 Å². The Bertz CT molecular complexity index is 1680. The van der Waals surface area contributed by atoms with E-state index in [2.05, 4.69) is 14.3 Å². The summed E-state index contributed by atoms with van der Waals surface area (Å²) in [7, 11) is 0. The molecule has 38 heavy (non-hydrogen) atoms. The Balaban J connectivity index is 1.14. The summed E-state index contributed by atoms with van der Waals surface area (Å²) in [4.78, 5) is 23.9. The van der Waals surface area contributed by atoms with Crippen molar-refractivity contribution >= 4 is 63.1 Å². The van der Waals surface area contributed by atoms with Gasteiger partial charge in [0, 0.05) is 35.1 Å². The van der Waals surface area contributed by atoms with Crippen LogP contribution in [0.15, 0.2) is 40.4 Å². The second-order valence-corrected chi connectivity index (χ2v) is 13.3. The van der Waals surface area contributed by atoms with Crippen LogP contribution in [-0.2, 0) is 12.0 Å². The molecule has 1 atom stereocenters. The lowest BCUT2D eigenvalue weighted by Crippen LogP contribution is -2.44. The smallest absolute Gasteiger partial charge is 0.157 e. The molecule has 6 heterocycles. The Morgan fingerprint density at radius 1 is 1.16 bits per heavy atom. The van der Waals surface area contributed by atoms with E-state index in [4.69, 9.17) is 38.0 Å². The van der Waals surface area contributed by atoms with Gasteiger partial charge >= 0.3 is 0 Å². The van der Waals surface area contributed by atoms with E-state index in [1.165, 1.54) is 11.8 Å². The summed E-state index contributed by atoms with van der Waals surface area (Å²) in [6, 6.07) is 5.86. The minimum atomic E-state index is -0.937. The Morgan fingerprint density at radius 2 is 1.95 bits per heavy atom. The number of hydrogen-bond acceptors (Lipinski definition) is 10. The molecule has 1 aliphatic heterocycles. The van der Waals surface area contributed by atoms with E-state index in [1.54, 1.807) is 31.4 Å². The number of imidazole rings is 2. The SMILES string of the molecule is CC(C)(O)c1nc2c(s1)C(N)C1(CCN(c3nc4ccc(Sc5ccnc(N)c5Cl)c5ncc3n45)CC1)C2. The van der Waals surface area contributed by atoms with Gasteiger partial charge in [0.1, 0.15) is 27.6 Å². The summed E-state index contributed by atoms with van der Waals surface area (Å²) < 4.78 is 2.11. The van der Waals surface area contributed by atoms with Gasteiger partial charge in [-0.25, -0.2) is 19.9 Å². The third kappa shape index (κ3) is 3.60. The lowest BCUT2D eigenvalue weighted by Gasteiger charge is -2.42. The fraction of sp³-hybridized carbons (Fsp3) is 0.385. The van der Waals surface area contributed by atoms with Crippen molar-refractivity contribution in [2.75, 3.05) is 23.7 Å². The van der Waals surface area contributed by atoms with E-state index in [1.807, 2.05) is 24.4 Å². The highest BCUT2D eigenvalue weighted by Gasteiger charge is 2.49. The number of aliphatic hydroxyl groups is 1. The van der Waals surface area contributed by atoms with Crippen molar-refractivity contribution in [3.05, 3.63) is 51.2 Å². The highest BCUT2D eigenvalue weighted by atomic mass is 35.5. The minimum Gasteiger partial charge on any atom is -0.383 e. The first-order valence-electron chi connectivity index (χ1n) is 12.5. The standard InChI is InChI=1S/C26H27ClN8OS2/c1-25(2,36)24-32-13-11-26(20(28)19(13)38-24)6-9-34(10-7-26)22-14-12-31-23-16(3-4-17(33-22)35(14)23)37-15-5-8-30-21(29)18(15)27/h3-5,8,12,20,36H,6-7,9-11,28H2,1-2H3,(H2,29,30). The van der Waals surface area contributed by atoms with Crippen molar-refractivity contribution in [1.29, 1.82) is 0 Å². The Labute approximate surface area is 232 Å². The van der Waals surface area contributed by atoms with Crippen LogP contribution in [0.4, 0.5) is 11.6 Å². The van der Waals surface area contributed by atoms with E-state index >= 15 is 0 Å². The molecule has 0 bridgehead atoms. The monoisotopic (exact) mass is 566 g/mol. The van der Waals surface area contributed by atoms with Crippen LogP contribution < -0.4 is 16.4 Å². The molecule has 196 valence electrons. The zero-order valence-electron chi connectivity index (χ0n) is 21.0. The summed E-state index contributed by atoms with van der Waals surface area (Å²) in [5.74, 6) is 1.27. The number of nitrogen functional groups attached to an aromatic ring is 1. The molecule has 0 amide bonds. The normalized spacial score (nSPS) is 19.3. The van der Waals surface area contributed by atoms with Crippen molar-refractivity contribution in [2.45, 2.75) is 54.5 Å². The number of piperidine rings is 1. The minimum absolute atomic E-state index is 0.0109. The molecule has 1 aliphatic carbocycles. The van der Waals surface area contributed by atoms with Gasteiger partial charge in [-0.2, -0.15) is 0 Å². The second-order valence-electron chi connectivity index (χ2n) is 10.8. The molecule has 0 radical (unpaired) electrons. The lowest BCUT2D eigenvalue weighted by atomic mass is 9.74. The molecular weight excluding hydrogens is 540 g/mol. The van der Waals surface area contributed by atoms with E-state index in [9.17, 15) is 5.11 Å². The van der Waals surface area contributed by atoms with Crippen LogP contribution in [-0.4, -0.2) is 42.5 Å². The lowest BCUT2D eigenvalue weighted by molar-refractivity contribution is 0.0778. The average Bonchev–Trinajstić information content (AvgIpc) is 3.64. The number of halogens is 1. The summed E-state index contributed by atoms with van der Waals surface area (Å²) >= 11 is 9.48. The molecule has 0 aromatic carbocycles. The van der Waals surface area contributed by atoms with Crippen molar-refractivity contribution in [2.24, 2.45) is 11.1 Å². The second kappa shape index (κ2) is 8.40. The molecule has 1 fully saturated rings. The van der Waals surface area contributed by atoms with E-state index in [0.717, 1.165) is 80.4 Å². The molecular formula is C26H27ClN8OS2. The maximum Gasteiger partial charge on any atom is 0.157 e. The van der Waals surface area contributed by atoms with Crippen LogP contribution in [0.1, 0.15) is 48.3 Å². The molecule has 12 heteroatoms.